The Hall–Kier alpha value is -3.30. The molecule has 4 amide bonds. The fraction of sp³-hybridized carbons (Fsp3) is 0.385. The minimum atomic E-state index is -1.05. The molecule has 2 saturated heterocycles. The molecule has 182 valence electrons. The zero-order valence-corrected chi connectivity index (χ0v) is 20.5. The number of para-hydroxylation sites is 1. The van der Waals surface area contributed by atoms with Gasteiger partial charge in [0.25, 0.3) is 11.8 Å². The van der Waals surface area contributed by atoms with Crippen LogP contribution < -0.4 is 10.7 Å². The van der Waals surface area contributed by atoms with Gasteiger partial charge in [-0.3, -0.25) is 19.9 Å². The molecule has 9 heteroatoms. The fourth-order valence-electron chi connectivity index (χ4n) is 4.76. The van der Waals surface area contributed by atoms with Crippen molar-refractivity contribution in [1.29, 1.82) is 0 Å². The second-order valence-electron chi connectivity index (χ2n) is 9.49. The number of aryl methyl sites for hydroxylation is 1. The van der Waals surface area contributed by atoms with Crippen molar-refractivity contribution in [3.8, 4) is 0 Å². The van der Waals surface area contributed by atoms with E-state index in [1.54, 1.807) is 18.3 Å². The van der Waals surface area contributed by atoms with Crippen molar-refractivity contribution in [3.63, 3.8) is 0 Å². The molecule has 2 aromatic carbocycles. The summed E-state index contributed by atoms with van der Waals surface area (Å²) in [7, 11) is 0. The van der Waals surface area contributed by atoms with Crippen LogP contribution in [-0.4, -0.2) is 57.9 Å². The molecule has 0 bridgehead atoms. The Kier molecular flexibility index (Phi) is 6.53. The van der Waals surface area contributed by atoms with Crippen molar-refractivity contribution in [2.75, 3.05) is 19.6 Å². The van der Waals surface area contributed by atoms with Gasteiger partial charge in [0.05, 0.1) is 21.8 Å². The SMILES string of the molecule is C[C@]1(CCc2ccccc2)NC(=O)N(NC(=O)CN2CCC(c3nc4ccccc4s3)CC2)C1=O. The van der Waals surface area contributed by atoms with E-state index in [1.807, 2.05) is 48.5 Å². The van der Waals surface area contributed by atoms with Crippen molar-refractivity contribution >= 4 is 39.4 Å². The number of hydrazine groups is 1. The summed E-state index contributed by atoms with van der Waals surface area (Å²) in [6, 6.07) is 17.4. The number of thiazole rings is 1. The smallest absolute Gasteiger partial charge is 0.322 e. The highest BCUT2D eigenvalue weighted by molar-refractivity contribution is 7.18. The molecule has 5 rings (SSSR count). The van der Waals surface area contributed by atoms with Crippen LogP contribution in [0.25, 0.3) is 10.2 Å². The monoisotopic (exact) mass is 491 g/mol. The van der Waals surface area contributed by atoms with Gasteiger partial charge in [0.1, 0.15) is 5.54 Å². The molecular formula is C26H29N5O3S. The number of imide groups is 1. The summed E-state index contributed by atoms with van der Waals surface area (Å²) in [5, 5.41) is 4.74. The molecule has 1 atom stereocenters. The maximum absolute atomic E-state index is 13.0. The van der Waals surface area contributed by atoms with Gasteiger partial charge in [-0.1, -0.05) is 42.5 Å². The second-order valence-corrected chi connectivity index (χ2v) is 10.6. The quantitative estimate of drug-likeness (QED) is 0.494. The van der Waals surface area contributed by atoms with E-state index in [0.29, 0.717) is 18.8 Å². The normalized spacial score (nSPS) is 21.5. The number of aromatic nitrogens is 1. The lowest BCUT2D eigenvalue weighted by atomic mass is 9.93. The Morgan fingerprint density at radius 1 is 1.11 bits per heavy atom. The van der Waals surface area contributed by atoms with Crippen molar-refractivity contribution < 1.29 is 14.4 Å². The number of hydrogen-bond acceptors (Lipinski definition) is 6. The standard InChI is InChI=1S/C26H29N5O3S/c1-26(14-11-18-7-3-2-4-8-18)24(33)31(25(34)28-26)29-22(32)17-30-15-12-19(13-16-30)23-27-20-9-5-6-10-21(20)35-23/h2-10,19H,11-17H2,1H3,(H,28,34)(H,29,32)/t26-/m1/s1. The lowest BCUT2D eigenvalue weighted by Crippen LogP contribution is -2.51. The molecule has 0 spiro atoms. The molecule has 2 aliphatic heterocycles. The minimum Gasteiger partial charge on any atom is -0.322 e. The molecular weight excluding hydrogens is 462 g/mol. The number of nitrogens with one attached hydrogen (secondary N) is 2. The third-order valence-corrected chi connectivity index (χ3v) is 8.07. The van der Waals surface area contributed by atoms with Crippen LogP contribution in [0.3, 0.4) is 0 Å². The molecule has 3 aromatic rings. The lowest BCUT2D eigenvalue weighted by molar-refractivity contribution is -0.139. The maximum Gasteiger partial charge on any atom is 0.344 e. The first kappa shape index (κ1) is 23.4. The maximum atomic E-state index is 13.0. The first-order valence-electron chi connectivity index (χ1n) is 12.0. The molecule has 0 unspecified atom stereocenters. The number of nitrogens with zero attached hydrogens (tertiary/aromatic N) is 3. The molecule has 2 aliphatic rings. The molecule has 0 saturated carbocycles. The zero-order chi connectivity index (χ0) is 24.4. The van der Waals surface area contributed by atoms with Crippen LogP contribution in [0.1, 0.15) is 42.7 Å². The zero-order valence-electron chi connectivity index (χ0n) is 19.7. The number of rotatable bonds is 7. The fourth-order valence-corrected chi connectivity index (χ4v) is 5.90. The van der Waals surface area contributed by atoms with Gasteiger partial charge in [0.15, 0.2) is 0 Å². The summed E-state index contributed by atoms with van der Waals surface area (Å²) >= 11 is 1.75. The number of carbonyl (C=O) groups is 3. The largest absolute Gasteiger partial charge is 0.344 e. The molecule has 8 nitrogen and oxygen atoms in total. The van der Waals surface area contributed by atoms with Crippen LogP contribution in [0, 0.1) is 0 Å². The summed E-state index contributed by atoms with van der Waals surface area (Å²) < 4.78 is 1.20. The predicted octanol–water partition coefficient (Wildman–Crippen LogP) is 3.45. The van der Waals surface area contributed by atoms with Gasteiger partial charge in [0.2, 0.25) is 0 Å². The Bertz CT molecular complexity index is 1210. The molecule has 0 radical (unpaired) electrons. The third-order valence-electron chi connectivity index (χ3n) is 6.87. The number of hydrogen-bond donors (Lipinski definition) is 2. The van der Waals surface area contributed by atoms with Gasteiger partial charge in [-0.2, -0.15) is 5.01 Å². The average Bonchev–Trinajstić information content (AvgIpc) is 3.39. The number of carbonyl (C=O) groups excluding carboxylic acids is 3. The second kappa shape index (κ2) is 9.75. The van der Waals surface area contributed by atoms with Gasteiger partial charge in [0, 0.05) is 5.92 Å². The van der Waals surface area contributed by atoms with Gasteiger partial charge in [-0.25, -0.2) is 9.78 Å². The Morgan fingerprint density at radius 2 is 1.83 bits per heavy atom. The highest BCUT2D eigenvalue weighted by Crippen LogP contribution is 2.33. The highest BCUT2D eigenvalue weighted by atomic mass is 32.1. The summed E-state index contributed by atoms with van der Waals surface area (Å²) in [6.07, 6.45) is 2.95. The first-order chi connectivity index (χ1) is 16.9. The molecule has 1 aromatic heterocycles. The molecule has 2 fully saturated rings. The lowest BCUT2D eigenvalue weighted by Gasteiger charge is -2.30. The number of urea groups is 1. The van der Waals surface area contributed by atoms with Crippen LogP contribution in [0.5, 0.6) is 0 Å². The first-order valence-corrected chi connectivity index (χ1v) is 12.8. The van der Waals surface area contributed by atoms with E-state index in [0.717, 1.165) is 47.0 Å². The molecule has 2 N–H and O–H groups in total. The molecule has 35 heavy (non-hydrogen) atoms. The van der Waals surface area contributed by atoms with Crippen LogP contribution >= 0.6 is 11.3 Å². The van der Waals surface area contributed by atoms with E-state index in [2.05, 4.69) is 21.7 Å². The van der Waals surface area contributed by atoms with Gasteiger partial charge in [-0.15, -0.1) is 11.3 Å². The van der Waals surface area contributed by atoms with Gasteiger partial charge < -0.3 is 5.32 Å². The third kappa shape index (κ3) is 5.06. The number of benzene rings is 2. The van der Waals surface area contributed by atoms with E-state index < -0.39 is 17.5 Å². The van der Waals surface area contributed by atoms with E-state index in [1.165, 1.54) is 4.70 Å². The van der Waals surface area contributed by atoms with Crippen LogP contribution in [0.15, 0.2) is 54.6 Å². The van der Waals surface area contributed by atoms with Crippen molar-refractivity contribution in [1.82, 2.24) is 25.6 Å². The average molecular weight is 492 g/mol. The van der Waals surface area contributed by atoms with Crippen LogP contribution in [0.2, 0.25) is 0 Å². The summed E-state index contributed by atoms with van der Waals surface area (Å²) in [6.45, 7) is 3.38. The summed E-state index contributed by atoms with van der Waals surface area (Å²) in [5.41, 5.74) is 3.61. The van der Waals surface area contributed by atoms with Crippen LogP contribution in [0.4, 0.5) is 4.79 Å². The Labute approximate surface area is 208 Å². The van der Waals surface area contributed by atoms with E-state index >= 15 is 0 Å². The number of likely N-dealkylation sites (tertiary alicyclic amines) is 1. The van der Waals surface area contributed by atoms with Gasteiger partial charge >= 0.3 is 6.03 Å². The minimum absolute atomic E-state index is 0.143. The molecule has 0 aliphatic carbocycles. The predicted molar refractivity (Wildman–Crippen MR) is 135 cm³/mol. The number of amides is 4. The summed E-state index contributed by atoms with van der Waals surface area (Å²) in [5.74, 6) is -0.399. The van der Waals surface area contributed by atoms with Gasteiger partial charge in [-0.05, 0) is 63.4 Å². The topological polar surface area (TPSA) is 94.6 Å². The Morgan fingerprint density at radius 3 is 2.57 bits per heavy atom. The van der Waals surface area contributed by atoms with E-state index in [4.69, 9.17) is 4.98 Å². The van der Waals surface area contributed by atoms with E-state index in [-0.39, 0.29) is 12.5 Å². The molecule has 3 heterocycles. The Balaban J connectivity index is 1.12. The number of fused-ring (bicyclic) bond motifs is 1. The van der Waals surface area contributed by atoms with Crippen molar-refractivity contribution in [3.05, 3.63) is 65.2 Å². The highest BCUT2D eigenvalue weighted by Gasteiger charge is 2.48. The van der Waals surface area contributed by atoms with E-state index in [9.17, 15) is 14.4 Å². The van der Waals surface area contributed by atoms with Crippen molar-refractivity contribution in [2.45, 2.75) is 44.1 Å². The van der Waals surface area contributed by atoms with Crippen molar-refractivity contribution in [2.24, 2.45) is 0 Å². The van der Waals surface area contributed by atoms with Crippen LogP contribution in [-0.2, 0) is 16.0 Å². The number of piperidine rings is 1. The summed E-state index contributed by atoms with van der Waals surface area (Å²) in [4.78, 5) is 45.0.